The van der Waals surface area contributed by atoms with Crippen molar-refractivity contribution < 1.29 is 21.2 Å². The van der Waals surface area contributed by atoms with Gasteiger partial charge in [-0.05, 0) is 18.2 Å². The molecule has 1 fully saturated rings. The van der Waals surface area contributed by atoms with Crippen LogP contribution in [0.1, 0.15) is 0 Å². The maximum absolute atomic E-state index is 13.1. The van der Waals surface area contributed by atoms with Gasteiger partial charge in [0.25, 0.3) is 0 Å². The molecule has 0 spiro atoms. The first-order valence-electron chi connectivity index (χ1n) is 5.97. The van der Waals surface area contributed by atoms with Crippen molar-refractivity contribution >= 4 is 37.3 Å². The van der Waals surface area contributed by atoms with Crippen LogP contribution in [0, 0.1) is 5.82 Å². The monoisotopic (exact) mass is 354 g/mol. The lowest BCUT2D eigenvalue weighted by molar-refractivity contribution is 0.405. The molecule has 1 unspecified atom stereocenters. The highest BCUT2D eigenvalue weighted by molar-refractivity contribution is 8.01. The van der Waals surface area contributed by atoms with E-state index >= 15 is 0 Å². The quantitative estimate of drug-likeness (QED) is 0.795. The Bertz CT molecular complexity index is 749. The number of hydrogen-bond donors (Lipinski definition) is 1. The molecule has 0 saturated carbocycles. The largest absolute Gasteiger partial charge is 0.398 e. The molecule has 1 atom stereocenters. The van der Waals surface area contributed by atoms with Gasteiger partial charge in [0.1, 0.15) is 16.1 Å². The molecule has 1 aliphatic rings. The van der Waals surface area contributed by atoms with Gasteiger partial charge in [0.05, 0.1) is 5.69 Å². The number of hydrogen-bond acceptors (Lipinski definition) is 6. The topological polar surface area (TPSA) is 97.5 Å². The minimum absolute atomic E-state index is 0.0710. The fourth-order valence-electron chi connectivity index (χ4n) is 2.06. The van der Waals surface area contributed by atoms with Gasteiger partial charge in [-0.1, -0.05) is 0 Å². The average molecular weight is 354 g/mol. The first-order valence-corrected chi connectivity index (χ1v) is 10.5. The van der Waals surface area contributed by atoms with Gasteiger partial charge in [-0.25, -0.2) is 21.2 Å². The highest BCUT2D eigenvalue weighted by Crippen LogP contribution is 2.30. The normalized spacial score (nSPS) is 21.3. The molecule has 1 saturated heterocycles. The van der Waals surface area contributed by atoms with Crippen LogP contribution in [0.5, 0.6) is 0 Å². The van der Waals surface area contributed by atoms with E-state index in [4.69, 9.17) is 5.73 Å². The molecule has 21 heavy (non-hydrogen) atoms. The average Bonchev–Trinajstić information content (AvgIpc) is 2.37. The molecule has 1 aromatic rings. The number of halogens is 1. The van der Waals surface area contributed by atoms with Gasteiger partial charge in [-0.15, -0.1) is 0 Å². The smallest absolute Gasteiger partial charge is 0.246 e. The highest BCUT2D eigenvalue weighted by Gasteiger charge is 2.40. The lowest BCUT2D eigenvalue weighted by Crippen LogP contribution is -2.49. The molecule has 0 aromatic heterocycles. The second-order valence-corrected chi connectivity index (χ2v) is 9.87. The third-order valence-electron chi connectivity index (χ3n) is 3.09. The third-order valence-corrected chi connectivity index (χ3v) is 7.85. The Morgan fingerprint density at radius 2 is 2.00 bits per heavy atom. The zero-order valence-corrected chi connectivity index (χ0v) is 13.6. The van der Waals surface area contributed by atoms with E-state index in [1.54, 1.807) is 0 Å². The van der Waals surface area contributed by atoms with Crippen LogP contribution in [0.3, 0.4) is 0 Å². The lowest BCUT2D eigenvalue weighted by Gasteiger charge is -2.33. The van der Waals surface area contributed by atoms with Crippen molar-refractivity contribution in [1.29, 1.82) is 0 Å². The number of sulfonamides is 1. The fraction of sp³-hybridized carbons (Fsp3) is 0.455. The van der Waals surface area contributed by atoms with Crippen molar-refractivity contribution in [1.82, 2.24) is 4.31 Å². The standard InChI is InChI=1S/C11H15FN2O4S3/c1-20(15,16)11-7-19-5-4-14(11)21(17,18)10-3-2-8(12)6-9(10)13/h2-3,6,11H,4-5,7,13H2,1H3. The Morgan fingerprint density at radius 1 is 1.33 bits per heavy atom. The van der Waals surface area contributed by atoms with Crippen molar-refractivity contribution in [2.75, 3.05) is 30.0 Å². The molecule has 0 bridgehead atoms. The number of nitrogen functional groups attached to an aromatic ring is 1. The number of nitrogens with two attached hydrogens (primary N) is 1. The summed E-state index contributed by atoms with van der Waals surface area (Å²) in [6, 6.07) is 2.94. The highest BCUT2D eigenvalue weighted by atomic mass is 32.2. The van der Waals surface area contributed by atoms with Gasteiger partial charge < -0.3 is 5.73 Å². The van der Waals surface area contributed by atoms with Gasteiger partial charge in [0.15, 0.2) is 9.84 Å². The Labute approximate surface area is 127 Å². The van der Waals surface area contributed by atoms with E-state index in [0.29, 0.717) is 5.75 Å². The summed E-state index contributed by atoms with van der Waals surface area (Å²) in [6.45, 7) is 0.0710. The summed E-state index contributed by atoms with van der Waals surface area (Å²) in [4.78, 5) is -0.274. The zero-order valence-electron chi connectivity index (χ0n) is 11.2. The van der Waals surface area contributed by atoms with E-state index in [9.17, 15) is 21.2 Å². The van der Waals surface area contributed by atoms with E-state index in [-0.39, 0.29) is 22.9 Å². The first-order chi connectivity index (χ1) is 9.64. The minimum atomic E-state index is -4.09. The van der Waals surface area contributed by atoms with Crippen molar-refractivity contribution in [3.63, 3.8) is 0 Å². The van der Waals surface area contributed by atoms with Gasteiger partial charge in [0, 0.05) is 24.3 Å². The Balaban J connectivity index is 2.51. The Morgan fingerprint density at radius 3 is 2.57 bits per heavy atom. The summed E-state index contributed by atoms with van der Waals surface area (Å²) >= 11 is 1.38. The number of benzene rings is 1. The summed E-state index contributed by atoms with van der Waals surface area (Å²) in [5.41, 5.74) is 5.33. The molecular formula is C11H15FN2O4S3. The van der Waals surface area contributed by atoms with Gasteiger partial charge >= 0.3 is 0 Å². The summed E-state index contributed by atoms with van der Waals surface area (Å²) in [5.74, 6) is 0.00576. The predicted octanol–water partition coefficient (Wildman–Crippen LogP) is 0.516. The maximum atomic E-state index is 13.1. The molecule has 10 heteroatoms. The molecule has 2 N–H and O–H groups in total. The molecule has 1 aliphatic heterocycles. The summed E-state index contributed by atoms with van der Waals surface area (Å²) in [5, 5.41) is -1.13. The van der Waals surface area contributed by atoms with Crippen molar-refractivity contribution in [2.24, 2.45) is 0 Å². The van der Waals surface area contributed by atoms with Crippen LogP contribution in [-0.4, -0.2) is 50.8 Å². The van der Waals surface area contributed by atoms with Crippen LogP contribution in [0.2, 0.25) is 0 Å². The second kappa shape index (κ2) is 5.75. The number of thioether (sulfide) groups is 1. The van der Waals surface area contributed by atoms with Crippen LogP contribution in [0.15, 0.2) is 23.1 Å². The summed E-state index contributed by atoms with van der Waals surface area (Å²) < 4.78 is 62.8. The lowest BCUT2D eigenvalue weighted by atomic mass is 10.3. The van der Waals surface area contributed by atoms with Crippen molar-refractivity contribution in [3.05, 3.63) is 24.0 Å². The number of rotatable bonds is 3. The van der Waals surface area contributed by atoms with Crippen molar-refractivity contribution in [3.8, 4) is 0 Å². The van der Waals surface area contributed by atoms with Gasteiger partial charge in [-0.2, -0.15) is 16.1 Å². The molecule has 6 nitrogen and oxygen atoms in total. The Hall–Kier alpha value is -0.840. The maximum Gasteiger partial charge on any atom is 0.246 e. The van der Waals surface area contributed by atoms with Crippen LogP contribution >= 0.6 is 11.8 Å². The van der Waals surface area contributed by atoms with Gasteiger partial charge in [0.2, 0.25) is 10.0 Å². The minimum Gasteiger partial charge on any atom is -0.398 e. The van der Waals surface area contributed by atoms with E-state index in [0.717, 1.165) is 28.8 Å². The predicted molar refractivity (Wildman–Crippen MR) is 80.7 cm³/mol. The summed E-state index contributed by atoms with van der Waals surface area (Å²) in [7, 11) is -7.67. The second-order valence-electron chi connectivity index (χ2n) is 4.66. The van der Waals surface area contributed by atoms with E-state index in [2.05, 4.69) is 0 Å². The Kier molecular flexibility index (Phi) is 4.52. The van der Waals surface area contributed by atoms with Crippen LogP contribution in [0.25, 0.3) is 0 Å². The molecule has 0 aliphatic carbocycles. The molecule has 0 amide bonds. The number of sulfone groups is 1. The van der Waals surface area contributed by atoms with Crippen molar-refractivity contribution in [2.45, 2.75) is 10.3 Å². The van der Waals surface area contributed by atoms with Gasteiger partial charge in [-0.3, -0.25) is 0 Å². The van der Waals surface area contributed by atoms with Crippen LogP contribution in [-0.2, 0) is 19.9 Å². The van der Waals surface area contributed by atoms with Crippen LogP contribution in [0.4, 0.5) is 10.1 Å². The molecule has 2 rings (SSSR count). The first kappa shape index (κ1) is 16.5. The van der Waals surface area contributed by atoms with E-state index in [1.807, 2.05) is 0 Å². The SMILES string of the molecule is CS(=O)(=O)C1CSCCN1S(=O)(=O)c1ccc(F)cc1N. The van der Waals surface area contributed by atoms with E-state index in [1.165, 1.54) is 11.8 Å². The van der Waals surface area contributed by atoms with Crippen LogP contribution < -0.4 is 5.73 Å². The summed E-state index contributed by atoms with van der Waals surface area (Å²) in [6.07, 6.45) is 1.00. The third kappa shape index (κ3) is 3.33. The molecular weight excluding hydrogens is 339 g/mol. The number of nitrogens with zero attached hydrogens (tertiary/aromatic N) is 1. The molecule has 1 heterocycles. The molecule has 0 radical (unpaired) electrons. The molecule has 1 aromatic carbocycles. The van der Waals surface area contributed by atoms with E-state index < -0.39 is 31.1 Å². The molecule has 118 valence electrons. The zero-order chi connectivity index (χ0) is 15.8. The number of anilines is 1. The fourth-order valence-corrected chi connectivity index (χ4v) is 7.33.